The van der Waals surface area contributed by atoms with Gasteiger partial charge in [-0.2, -0.15) is 17.9 Å². The van der Waals surface area contributed by atoms with Crippen LogP contribution in [0.5, 0.6) is 5.75 Å². The summed E-state index contributed by atoms with van der Waals surface area (Å²) in [6, 6.07) is 11.1. The number of ether oxygens (including phenoxy) is 1. The van der Waals surface area contributed by atoms with Crippen molar-refractivity contribution in [2.75, 3.05) is 7.11 Å². The number of halogens is 4. The van der Waals surface area contributed by atoms with Crippen LogP contribution in [0.2, 0.25) is 0 Å². The van der Waals surface area contributed by atoms with E-state index in [2.05, 4.69) is 36.4 Å². The number of nitrogens with one attached hydrogen (secondary N) is 1. The average Bonchev–Trinajstić information content (AvgIpc) is 3.64. The Morgan fingerprint density at radius 2 is 1.79 bits per heavy atom. The lowest BCUT2D eigenvalue weighted by molar-refractivity contribution is -0.146. The van der Waals surface area contributed by atoms with Crippen LogP contribution in [-0.2, 0) is 26.2 Å². The third-order valence-corrected chi connectivity index (χ3v) is 6.98. The van der Waals surface area contributed by atoms with Crippen molar-refractivity contribution in [1.29, 1.82) is 0 Å². The zero-order valence-corrected chi connectivity index (χ0v) is 20.6. The molecule has 2 aromatic carbocycles. The molecule has 1 fully saturated rings. The molecule has 14 heteroatoms. The van der Waals surface area contributed by atoms with Crippen LogP contribution in [0.15, 0.2) is 42.5 Å². The zero-order valence-electron chi connectivity index (χ0n) is 20.6. The average molecular weight is 532 g/mol. The summed E-state index contributed by atoms with van der Waals surface area (Å²) >= 11 is 0. The predicted molar refractivity (Wildman–Crippen MR) is 126 cm³/mol. The number of aromatic nitrogens is 8. The summed E-state index contributed by atoms with van der Waals surface area (Å²) in [6.07, 6.45) is -2.32. The topological polar surface area (TPSA) is 108 Å². The molecule has 1 N–H and O–H groups in total. The van der Waals surface area contributed by atoms with Crippen molar-refractivity contribution in [2.24, 2.45) is 13.0 Å². The fraction of sp³-hybridized carbons (Fsp3) is 0.417. The summed E-state index contributed by atoms with van der Waals surface area (Å²) < 4.78 is 61.5. The molecule has 0 radical (unpaired) electrons. The smallest absolute Gasteiger partial charge is 0.453 e. The first-order valence-electron chi connectivity index (χ1n) is 12.0. The number of tetrazole rings is 2. The van der Waals surface area contributed by atoms with Gasteiger partial charge in [-0.1, -0.05) is 12.1 Å². The standard InChI is InChI=1S/C24H25F4N9O/c1-36-21(30-32-34-36)12-15-5-9-19(22(15)14-3-6-17(25)7-4-14)29-13-16-11-18(8-10-20(16)38-2)37-23(24(26,27)28)31-33-35-37/h3-4,6-8,10-11,15,19,22,29H,5,9,12-13H2,1-2H3. The molecule has 1 aliphatic carbocycles. The van der Waals surface area contributed by atoms with Gasteiger partial charge in [0.2, 0.25) is 0 Å². The van der Waals surface area contributed by atoms with E-state index in [0.717, 1.165) is 24.2 Å². The van der Waals surface area contributed by atoms with Crippen LogP contribution in [0.3, 0.4) is 0 Å². The van der Waals surface area contributed by atoms with E-state index < -0.39 is 12.0 Å². The molecule has 2 aromatic heterocycles. The molecule has 0 amide bonds. The van der Waals surface area contributed by atoms with Crippen molar-refractivity contribution < 1.29 is 22.3 Å². The maximum absolute atomic E-state index is 13.7. The maximum atomic E-state index is 13.7. The third kappa shape index (κ3) is 5.21. The number of rotatable bonds is 8. The van der Waals surface area contributed by atoms with Gasteiger partial charge >= 0.3 is 6.18 Å². The lowest BCUT2D eigenvalue weighted by Crippen LogP contribution is -2.33. The number of nitrogens with zero attached hydrogens (tertiary/aromatic N) is 8. The fourth-order valence-corrected chi connectivity index (χ4v) is 5.20. The van der Waals surface area contributed by atoms with E-state index in [1.807, 2.05) is 0 Å². The summed E-state index contributed by atoms with van der Waals surface area (Å²) in [5.74, 6) is -0.00761. The molecule has 1 saturated carbocycles. The van der Waals surface area contributed by atoms with E-state index in [-0.39, 0.29) is 29.4 Å². The highest BCUT2D eigenvalue weighted by atomic mass is 19.4. The van der Waals surface area contributed by atoms with Gasteiger partial charge in [-0.25, -0.2) is 9.07 Å². The largest absolute Gasteiger partial charge is 0.496 e. The van der Waals surface area contributed by atoms with Crippen molar-refractivity contribution in [3.8, 4) is 11.4 Å². The summed E-state index contributed by atoms with van der Waals surface area (Å²) in [7, 11) is 3.29. The molecule has 1 aliphatic rings. The molecule has 3 unspecified atom stereocenters. The molecule has 4 aromatic rings. The highest BCUT2D eigenvalue weighted by Gasteiger charge is 2.39. The van der Waals surface area contributed by atoms with Crippen LogP contribution in [0.1, 0.15) is 41.5 Å². The Balaban J connectivity index is 1.40. The lowest BCUT2D eigenvalue weighted by atomic mass is 9.84. The summed E-state index contributed by atoms with van der Waals surface area (Å²) in [5, 5.41) is 25.2. The quantitative estimate of drug-likeness (QED) is 0.345. The van der Waals surface area contributed by atoms with Crippen molar-refractivity contribution in [3.63, 3.8) is 0 Å². The Labute approximate surface area is 215 Å². The number of alkyl halides is 3. The Morgan fingerprint density at radius 3 is 2.47 bits per heavy atom. The molecule has 38 heavy (non-hydrogen) atoms. The fourth-order valence-electron chi connectivity index (χ4n) is 5.20. The Morgan fingerprint density at radius 1 is 1.03 bits per heavy atom. The highest BCUT2D eigenvalue weighted by molar-refractivity contribution is 5.44. The molecule has 0 aliphatic heterocycles. The van der Waals surface area contributed by atoms with Crippen molar-refractivity contribution >= 4 is 0 Å². The summed E-state index contributed by atoms with van der Waals surface area (Å²) in [5.41, 5.74) is 1.80. The number of methoxy groups -OCH3 is 1. The minimum atomic E-state index is -4.71. The first kappa shape index (κ1) is 25.7. The second kappa shape index (κ2) is 10.4. The van der Waals surface area contributed by atoms with E-state index in [4.69, 9.17) is 4.74 Å². The SMILES string of the molecule is COc1ccc(-n2nnnc2C(F)(F)F)cc1CNC1CCC(Cc2nnnn2C)C1c1ccc(F)cc1. The van der Waals surface area contributed by atoms with E-state index in [1.165, 1.54) is 25.3 Å². The van der Waals surface area contributed by atoms with Crippen molar-refractivity contribution in [1.82, 2.24) is 45.7 Å². The van der Waals surface area contributed by atoms with Crippen LogP contribution in [0.4, 0.5) is 17.6 Å². The second-order valence-electron chi connectivity index (χ2n) is 9.23. The zero-order chi connectivity index (χ0) is 26.9. The molecule has 3 atom stereocenters. The normalized spacial score (nSPS) is 19.7. The van der Waals surface area contributed by atoms with Gasteiger partial charge in [0.15, 0.2) is 5.82 Å². The monoisotopic (exact) mass is 531 g/mol. The van der Waals surface area contributed by atoms with Crippen LogP contribution in [-0.4, -0.2) is 53.6 Å². The van der Waals surface area contributed by atoms with E-state index in [1.54, 1.807) is 36.0 Å². The van der Waals surface area contributed by atoms with Gasteiger partial charge in [-0.15, -0.1) is 10.2 Å². The molecule has 0 spiro atoms. The number of aryl methyl sites for hydroxylation is 1. The van der Waals surface area contributed by atoms with Crippen molar-refractivity contribution in [2.45, 2.75) is 43.9 Å². The number of hydrogen-bond donors (Lipinski definition) is 1. The maximum Gasteiger partial charge on any atom is 0.453 e. The summed E-state index contributed by atoms with van der Waals surface area (Å²) in [4.78, 5) is 0. The van der Waals surface area contributed by atoms with Gasteiger partial charge in [-0.3, -0.25) is 0 Å². The third-order valence-electron chi connectivity index (χ3n) is 6.98. The first-order chi connectivity index (χ1) is 18.2. The van der Waals surface area contributed by atoms with Gasteiger partial charge in [0.25, 0.3) is 5.82 Å². The molecule has 0 bridgehead atoms. The van der Waals surface area contributed by atoms with Crippen molar-refractivity contribution in [3.05, 3.63) is 71.1 Å². The highest BCUT2D eigenvalue weighted by Crippen LogP contribution is 2.42. The van der Waals surface area contributed by atoms with Gasteiger partial charge < -0.3 is 10.1 Å². The predicted octanol–water partition coefficient (Wildman–Crippen LogP) is 3.25. The molecular formula is C24H25F4N9O. The lowest BCUT2D eigenvalue weighted by Gasteiger charge is -2.26. The molecule has 10 nitrogen and oxygen atoms in total. The molecule has 5 rings (SSSR count). The first-order valence-corrected chi connectivity index (χ1v) is 12.0. The summed E-state index contributed by atoms with van der Waals surface area (Å²) in [6.45, 7) is 0.321. The van der Waals surface area contributed by atoms with Gasteiger partial charge in [0, 0.05) is 37.5 Å². The van der Waals surface area contributed by atoms with E-state index in [0.29, 0.717) is 29.0 Å². The number of benzene rings is 2. The van der Waals surface area contributed by atoms with Crippen LogP contribution in [0.25, 0.3) is 5.69 Å². The van der Waals surface area contributed by atoms with Crippen LogP contribution < -0.4 is 10.1 Å². The van der Waals surface area contributed by atoms with Crippen LogP contribution >= 0.6 is 0 Å². The minimum absolute atomic E-state index is 0.0128. The van der Waals surface area contributed by atoms with Gasteiger partial charge in [0.05, 0.1) is 12.8 Å². The Bertz CT molecular complexity index is 1390. The minimum Gasteiger partial charge on any atom is -0.496 e. The number of hydrogen-bond acceptors (Lipinski definition) is 8. The van der Waals surface area contributed by atoms with Gasteiger partial charge in [0.1, 0.15) is 11.6 Å². The Kier molecular flexibility index (Phi) is 7.06. The Hall–Kier alpha value is -3.94. The molecule has 0 saturated heterocycles. The molecule has 2 heterocycles. The van der Waals surface area contributed by atoms with Gasteiger partial charge in [-0.05, 0) is 75.5 Å². The second-order valence-corrected chi connectivity index (χ2v) is 9.23. The van der Waals surface area contributed by atoms with E-state index >= 15 is 0 Å². The van der Waals surface area contributed by atoms with E-state index in [9.17, 15) is 17.6 Å². The molecule has 200 valence electrons. The molecular weight excluding hydrogens is 506 g/mol. The van der Waals surface area contributed by atoms with Crippen LogP contribution in [0, 0.1) is 11.7 Å².